The molecule has 1 aliphatic heterocycles. The fraction of sp³-hybridized carbons (Fsp3) is 0.238. The summed E-state index contributed by atoms with van der Waals surface area (Å²) in [5, 5.41) is 8.56. The number of benzene rings is 2. The van der Waals surface area contributed by atoms with Crippen LogP contribution in [0.4, 0.5) is 0 Å². The van der Waals surface area contributed by atoms with Gasteiger partial charge in [-0.25, -0.2) is 0 Å². The van der Waals surface area contributed by atoms with Gasteiger partial charge >= 0.3 is 5.97 Å². The van der Waals surface area contributed by atoms with E-state index in [1.165, 1.54) is 7.11 Å². The van der Waals surface area contributed by atoms with E-state index in [0.29, 0.717) is 17.4 Å². The molecule has 0 N–H and O–H groups in total. The first-order valence-electron chi connectivity index (χ1n) is 9.03. The summed E-state index contributed by atoms with van der Waals surface area (Å²) in [5.41, 5.74) is 3.44. The van der Waals surface area contributed by atoms with E-state index in [4.69, 9.17) is 14.5 Å². The Bertz CT molecular complexity index is 1110. The quantitative estimate of drug-likeness (QED) is 0.560. The van der Waals surface area contributed by atoms with Gasteiger partial charge in [0.05, 0.1) is 32.0 Å². The van der Waals surface area contributed by atoms with Gasteiger partial charge in [-0.1, -0.05) is 28.1 Å². The minimum absolute atomic E-state index is 0.0692. The Hall–Kier alpha value is -3.00. The SMILES string of the molecule is COC(=O)C[C@@H]1N=C(c2ccc(Br)cc2)c2cc(OC)ccc2-n2c(C)nnc21. The van der Waals surface area contributed by atoms with Gasteiger partial charge < -0.3 is 9.47 Å². The first-order chi connectivity index (χ1) is 14.0. The molecule has 0 fully saturated rings. The number of esters is 1. The summed E-state index contributed by atoms with van der Waals surface area (Å²) in [6.07, 6.45) is 0.0692. The molecule has 0 spiro atoms. The van der Waals surface area contributed by atoms with E-state index >= 15 is 0 Å². The Balaban J connectivity index is 1.99. The van der Waals surface area contributed by atoms with E-state index in [1.807, 2.05) is 54.0 Å². The Labute approximate surface area is 176 Å². The standard InChI is InChI=1S/C21H19BrN4O3/c1-12-24-25-21-17(11-19(27)29-3)23-20(13-4-6-14(22)7-5-13)16-10-15(28-2)8-9-18(16)26(12)21/h4-10,17H,11H2,1-3H3/t17-/m0/s1. The van der Waals surface area contributed by atoms with E-state index in [2.05, 4.69) is 26.1 Å². The third-order valence-electron chi connectivity index (χ3n) is 4.84. The highest BCUT2D eigenvalue weighted by Gasteiger charge is 2.30. The number of carbonyl (C=O) groups excluding carboxylic acids is 1. The van der Waals surface area contributed by atoms with Crippen LogP contribution >= 0.6 is 15.9 Å². The fourth-order valence-electron chi connectivity index (χ4n) is 3.42. The largest absolute Gasteiger partial charge is 0.497 e. The molecule has 2 heterocycles. The summed E-state index contributed by atoms with van der Waals surface area (Å²) in [6, 6.07) is 13.2. The van der Waals surface area contributed by atoms with Crippen molar-refractivity contribution in [1.82, 2.24) is 14.8 Å². The highest BCUT2D eigenvalue weighted by atomic mass is 79.9. The third-order valence-corrected chi connectivity index (χ3v) is 5.37. The molecule has 2 aromatic carbocycles. The second-order valence-electron chi connectivity index (χ2n) is 6.60. The number of hydrogen-bond donors (Lipinski definition) is 0. The third kappa shape index (κ3) is 3.55. The zero-order valence-corrected chi connectivity index (χ0v) is 17.8. The van der Waals surface area contributed by atoms with Crippen molar-refractivity contribution in [1.29, 1.82) is 0 Å². The maximum Gasteiger partial charge on any atom is 0.308 e. The Morgan fingerprint density at radius 1 is 1.14 bits per heavy atom. The van der Waals surface area contributed by atoms with Gasteiger partial charge in [-0.05, 0) is 37.3 Å². The van der Waals surface area contributed by atoms with Crippen LogP contribution in [0.1, 0.15) is 35.2 Å². The lowest BCUT2D eigenvalue weighted by atomic mass is 10.00. The highest BCUT2D eigenvalue weighted by Crippen LogP contribution is 2.34. The van der Waals surface area contributed by atoms with Gasteiger partial charge in [0.15, 0.2) is 5.82 Å². The fourth-order valence-corrected chi connectivity index (χ4v) is 3.68. The molecule has 1 aliphatic rings. The summed E-state index contributed by atoms with van der Waals surface area (Å²) in [5.74, 6) is 1.68. The number of halogens is 1. The van der Waals surface area contributed by atoms with Crippen LogP contribution in [0.15, 0.2) is 51.9 Å². The van der Waals surface area contributed by atoms with Crippen molar-refractivity contribution in [2.75, 3.05) is 14.2 Å². The lowest BCUT2D eigenvalue weighted by Gasteiger charge is -2.14. The number of aryl methyl sites for hydroxylation is 1. The van der Waals surface area contributed by atoms with E-state index in [1.54, 1.807) is 7.11 Å². The average molecular weight is 455 g/mol. The molecular formula is C21H19BrN4O3. The number of carbonyl (C=O) groups is 1. The molecule has 7 nitrogen and oxygen atoms in total. The van der Waals surface area contributed by atoms with Crippen LogP contribution in [-0.2, 0) is 9.53 Å². The zero-order chi connectivity index (χ0) is 20.5. The van der Waals surface area contributed by atoms with Crippen molar-refractivity contribution in [2.24, 2.45) is 4.99 Å². The predicted octanol–water partition coefficient (Wildman–Crippen LogP) is 3.80. The average Bonchev–Trinajstić information content (AvgIpc) is 3.06. The van der Waals surface area contributed by atoms with Gasteiger partial charge in [0.1, 0.15) is 17.6 Å². The molecule has 29 heavy (non-hydrogen) atoms. The van der Waals surface area contributed by atoms with Crippen LogP contribution in [0.2, 0.25) is 0 Å². The molecule has 1 aromatic heterocycles. The summed E-state index contributed by atoms with van der Waals surface area (Å²) in [7, 11) is 3.00. The van der Waals surface area contributed by atoms with E-state index in [-0.39, 0.29) is 12.4 Å². The van der Waals surface area contributed by atoms with Gasteiger partial charge in [-0.3, -0.25) is 14.4 Å². The molecule has 3 aromatic rings. The predicted molar refractivity (Wildman–Crippen MR) is 112 cm³/mol. The molecule has 0 unspecified atom stereocenters. The lowest BCUT2D eigenvalue weighted by Crippen LogP contribution is -2.12. The smallest absolute Gasteiger partial charge is 0.308 e. The Morgan fingerprint density at radius 3 is 2.59 bits per heavy atom. The minimum atomic E-state index is -0.527. The van der Waals surface area contributed by atoms with E-state index in [9.17, 15) is 4.79 Å². The van der Waals surface area contributed by atoms with Crippen molar-refractivity contribution >= 4 is 27.6 Å². The lowest BCUT2D eigenvalue weighted by molar-refractivity contribution is -0.141. The molecule has 8 heteroatoms. The maximum absolute atomic E-state index is 12.1. The monoisotopic (exact) mass is 454 g/mol. The van der Waals surface area contributed by atoms with Crippen LogP contribution in [0.25, 0.3) is 5.69 Å². The number of nitrogens with zero attached hydrogens (tertiary/aromatic N) is 4. The number of aromatic nitrogens is 3. The van der Waals surface area contributed by atoms with Crippen molar-refractivity contribution in [2.45, 2.75) is 19.4 Å². The molecule has 4 rings (SSSR count). The molecule has 0 saturated heterocycles. The molecule has 0 bridgehead atoms. The van der Waals surface area contributed by atoms with Crippen LogP contribution in [0.3, 0.4) is 0 Å². The maximum atomic E-state index is 12.1. The number of fused-ring (bicyclic) bond motifs is 3. The van der Waals surface area contributed by atoms with E-state index < -0.39 is 6.04 Å². The van der Waals surface area contributed by atoms with Crippen LogP contribution in [0.5, 0.6) is 5.75 Å². The number of ether oxygens (including phenoxy) is 2. The van der Waals surface area contributed by atoms with Gasteiger partial charge in [-0.15, -0.1) is 10.2 Å². The first-order valence-corrected chi connectivity index (χ1v) is 9.82. The van der Waals surface area contributed by atoms with Crippen molar-refractivity contribution < 1.29 is 14.3 Å². The number of rotatable bonds is 4. The molecule has 0 saturated carbocycles. The van der Waals surface area contributed by atoms with Gasteiger partial charge in [0, 0.05) is 15.6 Å². The van der Waals surface area contributed by atoms with Crippen molar-refractivity contribution in [3.05, 3.63) is 69.7 Å². The first kappa shape index (κ1) is 19.3. The van der Waals surface area contributed by atoms with Crippen LogP contribution < -0.4 is 4.74 Å². The van der Waals surface area contributed by atoms with Crippen molar-refractivity contribution in [3.63, 3.8) is 0 Å². The van der Waals surface area contributed by atoms with E-state index in [0.717, 1.165) is 27.0 Å². The minimum Gasteiger partial charge on any atom is -0.497 e. The van der Waals surface area contributed by atoms with Gasteiger partial charge in [-0.2, -0.15) is 0 Å². The summed E-state index contributed by atoms with van der Waals surface area (Å²) >= 11 is 3.48. The number of hydrogen-bond acceptors (Lipinski definition) is 6. The topological polar surface area (TPSA) is 78.6 Å². The van der Waals surface area contributed by atoms with Gasteiger partial charge in [0.2, 0.25) is 0 Å². The Morgan fingerprint density at radius 2 is 1.90 bits per heavy atom. The molecule has 0 aliphatic carbocycles. The molecule has 148 valence electrons. The second-order valence-corrected chi connectivity index (χ2v) is 7.52. The molecule has 0 amide bonds. The van der Waals surface area contributed by atoms with Crippen LogP contribution in [-0.4, -0.2) is 40.7 Å². The zero-order valence-electron chi connectivity index (χ0n) is 16.2. The van der Waals surface area contributed by atoms with Crippen molar-refractivity contribution in [3.8, 4) is 11.4 Å². The molecule has 1 atom stereocenters. The Kier molecular flexibility index (Phi) is 5.19. The number of aliphatic imine (C=N–C) groups is 1. The van der Waals surface area contributed by atoms with Crippen LogP contribution in [0, 0.1) is 6.92 Å². The number of methoxy groups -OCH3 is 2. The highest BCUT2D eigenvalue weighted by molar-refractivity contribution is 9.10. The normalized spacial score (nSPS) is 15.0. The summed E-state index contributed by atoms with van der Waals surface area (Å²) < 4.78 is 13.3. The summed E-state index contributed by atoms with van der Waals surface area (Å²) in [4.78, 5) is 17.1. The molecule has 0 radical (unpaired) electrons. The van der Waals surface area contributed by atoms with Gasteiger partial charge in [0.25, 0.3) is 0 Å². The summed E-state index contributed by atoms with van der Waals surface area (Å²) in [6.45, 7) is 1.88. The second kappa shape index (κ2) is 7.79. The molecular weight excluding hydrogens is 436 g/mol.